The van der Waals surface area contributed by atoms with Gasteiger partial charge in [0.05, 0.1) is 11.3 Å². The van der Waals surface area contributed by atoms with Crippen molar-refractivity contribution in [2.45, 2.75) is 0 Å². The van der Waals surface area contributed by atoms with Crippen LogP contribution in [-0.4, -0.2) is 12.2 Å². The number of nitriles is 1. The Labute approximate surface area is 84.0 Å². The van der Waals surface area contributed by atoms with Gasteiger partial charge in [0.2, 0.25) is 12.2 Å². The maximum Gasteiger partial charge on any atom is 0.240 e. The number of halogens is 1. The highest BCUT2D eigenvalue weighted by Gasteiger charge is 2.01. The van der Waals surface area contributed by atoms with Crippen molar-refractivity contribution in [2.75, 3.05) is 0 Å². The molecule has 0 aliphatic carbocycles. The van der Waals surface area contributed by atoms with Crippen LogP contribution in [0.1, 0.15) is 5.56 Å². The van der Waals surface area contributed by atoms with Gasteiger partial charge in [-0.2, -0.15) is 10.3 Å². The van der Waals surface area contributed by atoms with Crippen molar-refractivity contribution < 1.29 is 14.0 Å². The van der Waals surface area contributed by atoms with Crippen molar-refractivity contribution >= 4 is 17.8 Å². The summed E-state index contributed by atoms with van der Waals surface area (Å²) in [4.78, 5) is 21.4. The van der Waals surface area contributed by atoms with Crippen LogP contribution in [0.4, 0.5) is 10.1 Å². The monoisotopic (exact) mass is 205 g/mol. The highest BCUT2D eigenvalue weighted by molar-refractivity contribution is 5.58. The predicted molar refractivity (Wildman–Crippen MR) is 47.3 cm³/mol. The Morgan fingerprint density at radius 3 is 2.47 bits per heavy atom. The number of hydrogen-bond donors (Lipinski definition) is 1. The summed E-state index contributed by atoms with van der Waals surface area (Å²) >= 11 is 0. The van der Waals surface area contributed by atoms with E-state index in [-0.39, 0.29) is 11.3 Å². The summed E-state index contributed by atoms with van der Waals surface area (Å²) < 4.78 is 12.5. The van der Waals surface area contributed by atoms with E-state index in [1.165, 1.54) is 12.1 Å². The normalized spacial score (nSPS) is 7.20. The van der Waals surface area contributed by atoms with Gasteiger partial charge >= 0.3 is 0 Å². The van der Waals surface area contributed by atoms with Crippen molar-refractivity contribution in [2.24, 2.45) is 4.99 Å². The van der Waals surface area contributed by atoms with Crippen molar-refractivity contribution in [1.29, 1.82) is 10.7 Å². The number of carbonyl (C=O) groups excluding carboxylic acids is 2. The molecule has 0 unspecified atom stereocenters. The first-order valence-corrected chi connectivity index (χ1v) is 3.51. The summed E-state index contributed by atoms with van der Waals surface area (Å²) in [5, 5.41) is 13.9. The lowest BCUT2D eigenvalue weighted by Crippen LogP contribution is -1.78. The first-order chi connectivity index (χ1) is 7.19. The van der Waals surface area contributed by atoms with Gasteiger partial charge in [-0.25, -0.2) is 19.4 Å². The molecule has 0 aliphatic heterocycles. The molecule has 0 saturated heterocycles. The molecule has 0 atom stereocenters. The molecule has 74 valence electrons. The average molecular weight is 205 g/mol. The van der Waals surface area contributed by atoms with Crippen LogP contribution in [0.5, 0.6) is 0 Å². The zero-order chi connectivity index (χ0) is 11.7. The third kappa shape index (κ3) is 4.25. The highest BCUT2D eigenvalue weighted by atomic mass is 19.1. The molecular formula is C9H4FN3O2. The molecule has 6 heteroatoms. The largest absolute Gasteiger partial charge is 0.240 e. The second-order valence-electron chi connectivity index (χ2n) is 2.08. The van der Waals surface area contributed by atoms with E-state index in [2.05, 4.69) is 4.99 Å². The van der Waals surface area contributed by atoms with E-state index in [0.29, 0.717) is 0 Å². The SMILES string of the molecule is N#Cc1cc(F)ccc1N=C=O.N=C=O. The van der Waals surface area contributed by atoms with Gasteiger partial charge in [-0.1, -0.05) is 0 Å². The second-order valence-corrected chi connectivity index (χ2v) is 2.08. The Hall–Kier alpha value is -2.60. The quantitative estimate of drug-likeness (QED) is 0.556. The molecule has 0 spiro atoms. The Kier molecular flexibility index (Phi) is 5.68. The van der Waals surface area contributed by atoms with Crippen molar-refractivity contribution in [3.05, 3.63) is 29.6 Å². The van der Waals surface area contributed by atoms with Gasteiger partial charge in [0, 0.05) is 0 Å². The highest BCUT2D eigenvalue weighted by Crippen LogP contribution is 2.18. The van der Waals surface area contributed by atoms with Gasteiger partial charge in [-0.15, -0.1) is 0 Å². The van der Waals surface area contributed by atoms with Crippen molar-refractivity contribution in [3.63, 3.8) is 0 Å². The van der Waals surface area contributed by atoms with Crippen LogP contribution in [0, 0.1) is 22.6 Å². The molecule has 0 saturated carbocycles. The molecule has 5 nitrogen and oxygen atoms in total. The van der Waals surface area contributed by atoms with E-state index in [9.17, 15) is 9.18 Å². The Morgan fingerprint density at radius 1 is 1.40 bits per heavy atom. The average Bonchev–Trinajstić information content (AvgIpc) is 2.22. The van der Waals surface area contributed by atoms with Gasteiger partial charge in [-0.3, -0.25) is 0 Å². The number of benzene rings is 1. The molecule has 0 bridgehead atoms. The lowest BCUT2D eigenvalue weighted by Gasteiger charge is -1.93. The Balaban J connectivity index is 0.000000583. The number of rotatable bonds is 1. The summed E-state index contributed by atoms with van der Waals surface area (Å²) in [5.41, 5.74) is 0.159. The third-order valence-electron chi connectivity index (χ3n) is 1.25. The lowest BCUT2D eigenvalue weighted by atomic mass is 10.2. The predicted octanol–water partition coefficient (Wildman–Crippen LogP) is 1.57. The fraction of sp³-hybridized carbons (Fsp3) is 0. The maximum atomic E-state index is 12.5. The number of hydrogen-bond acceptors (Lipinski definition) is 5. The van der Waals surface area contributed by atoms with E-state index in [4.69, 9.17) is 15.5 Å². The van der Waals surface area contributed by atoms with Crippen LogP contribution in [0.25, 0.3) is 0 Å². The molecule has 15 heavy (non-hydrogen) atoms. The van der Waals surface area contributed by atoms with Crippen molar-refractivity contribution in [1.82, 2.24) is 0 Å². The van der Waals surface area contributed by atoms with E-state index in [1.807, 2.05) is 0 Å². The van der Waals surface area contributed by atoms with Crippen LogP contribution < -0.4 is 0 Å². The molecule has 1 aromatic rings. The van der Waals surface area contributed by atoms with Crippen molar-refractivity contribution in [3.8, 4) is 6.07 Å². The van der Waals surface area contributed by atoms with E-state index >= 15 is 0 Å². The minimum Gasteiger partial charge on any atom is -0.222 e. The van der Waals surface area contributed by atoms with E-state index in [1.54, 1.807) is 6.07 Å². The summed E-state index contributed by atoms with van der Waals surface area (Å²) in [6.07, 6.45) is 2.03. The molecule has 1 rings (SSSR count). The van der Waals surface area contributed by atoms with Crippen LogP contribution in [0.2, 0.25) is 0 Å². The summed E-state index contributed by atoms with van der Waals surface area (Å²) in [5.74, 6) is -0.531. The molecule has 0 heterocycles. The minimum absolute atomic E-state index is 0.0263. The fourth-order valence-electron chi connectivity index (χ4n) is 0.744. The fourth-order valence-corrected chi connectivity index (χ4v) is 0.744. The lowest BCUT2D eigenvalue weighted by molar-refractivity contribution is 0.562. The van der Waals surface area contributed by atoms with Crippen LogP contribution >= 0.6 is 0 Å². The molecule has 0 amide bonds. The van der Waals surface area contributed by atoms with Gasteiger partial charge in [-0.05, 0) is 18.2 Å². The number of nitrogens with zero attached hydrogens (tertiary/aromatic N) is 2. The summed E-state index contributed by atoms with van der Waals surface area (Å²) in [7, 11) is 0. The molecule has 0 aliphatic rings. The Morgan fingerprint density at radius 2 is 2.00 bits per heavy atom. The smallest absolute Gasteiger partial charge is 0.222 e. The van der Waals surface area contributed by atoms with Crippen LogP contribution in [0.3, 0.4) is 0 Å². The van der Waals surface area contributed by atoms with Gasteiger partial charge < -0.3 is 0 Å². The minimum atomic E-state index is -0.531. The Bertz CT molecular complexity index is 467. The first-order valence-electron chi connectivity index (χ1n) is 3.51. The molecule has 0 fully saturated rings. The van der Waals surface area contributed by atoms with Gasteiger partial charge in [0.15, 0.2) is 0 Å². The molecule has 0 radical (unpaired) electrons. The first kappa shape index (κ1) is 12.4. The summed E-state index contributed by atoms with van der Waals surface area (Å²) in [6.45, 7) is 0. The number of aliphatic imine (C=N–C) groups is 1. The van der Waals surface area contributed by atoms with Gasteiger partial charge in [0.25, 0.3) is 0 Å². The second kappa shape index (κ2) is 6.87. The maximum absolute atomic E-state index is 12.5. The zero-order valence-electron chi connectivity index (χ0n) is 7.32. The van der Waals surface area contributed by atoms with E-state index < -0.39 is 5.82 Å². The number of nitrogens with one attached hydrogen (secondary N) is 1. The van der Waals surface area contributed by atoms with Crippen LogP contribution in [-0.2, 0) is 9.59 Å². The molecule has 1 aromatic carbocycles. The molecular weight excluding hydrogens is 201 g/mol. The third-order valence-corrected chi connectivity index (χ3v) is 1.25. The molecule has 1 N–H and O–H groups in total. The topological polar surface area (TPSA) is 94.1 Å². The standard InChI is InChI=1S/C8H3FN2O.CHNO/c9-7-1-2-8(11-5-12)6(3-7)4-10;2-1-3/h1-3H;2H. The molecule has 0 aromatic heterocycles. The van der Waals surface area contributed by atoms with E-state index in [0.717, 1.165) is 18.2 Å². The van der Waals surface area contributed by atoms with Gasteiger partial charge in [0.1, 0.15) is 11.9 Å². The summed E-state index contributed by atoms with van der Waals surface area (Å²) in [6, 6.07) is 5.09. The zero-order valence-corrected chi connectivity index (χ0v) is 7.32. The van der Waals surface area contributed by atoms with Crippen LogP contribution in [0.15, 0.2) is 23.2 Å². The number of isocyanates is 2.